The molecule has 1 aliphatic rings. The standard InChI is InChI=1S/C31H26ClFN2O5S/c1-4-39-30(37)27-18(2)34-31-35(28(27)20-9-6-5-7-10-20)29(36)26(41-31)16-19-13-14-24(25(15-19)38-3)40-17-21-22(32)11-8-12-23(21)33/h5-16,28H,4,17H2,1-3H3/b26-16-. The minimum atomic E-state index is -0.677. The number of fused-ring (bicyclic) bond motifs is 1. The van der Waals surface area contributed by atoms with E-state index in [4.69, 9.17) is 25.8 Å². The molecule has 0 saturated heterocycles. The van der Waals surface area contributed by atoms with E-state index < -0.39 is 17.8 Å². The van der Waals surface area contributed by atoms with Crippen LogP contribution in [0.1, 0.15) is 36.6 Å². The fourth-order valence-corrected chi connectivity index (χ4v) is 5.87. The maximum absolute atomic E-state index is 14.2. The Morgan fingerprint density at radius 3 is 2.61 bits per heavy atom. The first-order valence-electron chi connectivity index (χ1n) is 12.8. The molecular weight excluding hydrogens is 567 g/mol. The second kappa shape index (κ2) is 12.1. The number of esters is 1. The van der Waals surface area contributed by atoms with Gasteiger partial charge in [0.1, 0.15) is 12.4 Å². The van der Waals surface area contributed by atoms with E-state index in [9.17, 15) is 14.0 Å². The van der Waals surface area contributed by atoms with E-state index in [1.54, 1.807) is 44.2 Å². The number of benzene rings is 3. The van der Waals surface area contributed by atoms with Crippen molar-refractivity contribution >= 4 is 35.0 Å². The zero-order valence-electron chi connectivity index (χ0n) is 22.5. The first kappa shape index (κ1) is 28.3. The second-order valence-electron chi connectivity index (χ2n) is 9.11. The van der Waals surface area contributed by atoms with Crippen molar-refractivity contribution in [2.45, 2.75) is 26.5 Å². The molecule has 1 aromatic heterocycles. The lowest BCUT2D eigenvalue weighted by molar-refractivity contribution is -0.139. The number of thiazole rings is 1. The number of ether oxygens (including phenoxy) is 3. The molecule has 0 saturated carbocycles. The van der Waals surface area contributed by atoms with E-state index >= 15 is 0 Å². The van der Waals surface area contributed by atoms with Crippen molar-refractivity contribution in [2.24, 2.45) is 4.99 Å². The molecule has 210 valence electrons. The molecule has 0 N–H and O–H groups in total. The smallest absolute Gasteiger partial charge is 0.338 e. The number of rotatable bonds is 8. The first-order chi connectivity index (χ1) is 19.8. The quantitative estimate of drug-likeness (QED) is 0.264. The molecule has 41 heavy (non-hydrogen) atoms. The molecule has 3 aromatic carbocycles. The number of carbonyl (C=O) groups excluding carboxylic acids is 1. The third-order valence-electron chi connectivity index (χ3n) is 6.55. The zero-order chi connectivity index (χ0) is 29.1. The summed E-state index contributed by atoms with van der Waals surface area (Å²) >= 11 is 7.35. The summed E-state index contributed by atoms with van der Waals surface area (Å²) < 4.78 is 32.8. The van der Waals surface area contributed by atoms with Gasteiger partial charge in [0.2, 0.25) is 0 Å². The van der Waals surface area contributed by atoms with Crippen molar-refractivity contribution in [3.63, 3.8) is 0 Å². The van der Waals surface area contributed by atoms with E-state index in [0.717, 1.165) is 5.56 Å². The Kier molecular flexibility index (Phi) is 8.37. The highest BCUT2D eigenvalue weighted by molar-refractivity contribution is 7.07. The molecule has 0 spiro atoms. The van der Waals surface area contributed by atoms with Gasteiger partial charge in [0, 0.05) is 5.56 Å². The van der Waals surface area contributed by atoms with E-state index in [-0.39, 0.29) is 29.4 Å². The van der Waals surface area contributed by atoms with E-state index in [1.807, 2.05) is 30.3 Å². The molecule has 0 amide bonds. The number of carbonyl (C=O) groups is 1. The maximum Gasteiger partial charge on any atom is 0.338 e. The first-order valence-corrected chi connectivity index (χ1v) is 14.0. The Labute approximate surface area is 244 Å². The summed E-state index contributed by atoms with van der Waals surface area (Å²) in [6, 6.07) is 18.3. The minimum Gasteiger partial charge on any atom is -0.493 e. The molecule has 1 atom stereocenters. The van der Waals surface area contributed by atoms with Gasteiger partial charge in [0.05, 0.1) is 40.6 Å². The molecule has 1 unspecified atom stereocenters. The Hall–Kier alpha value is -4.21. The molecule has 0 fully saturated rings. The summed E-state index contributed by atoms with van der Waals surface area (Å²) in [7, 11) is 1.50. The number of nitrogens with zero attached hydrogens (tertiary/aromatic N) is 2. The van der Waals surface area contributed by atoms with Gasteiger partial charge < -0.3 is 14.2 Å². The predicted octanol–water partition coefficient (Wildman–Crippen LogP) is 5.18. The van der Waals surface area contributed by atoms with Gasteiger partial charge in [0.25, 0.3) is 5.56 Å². The third-order valence-corrected chi connectivity index (χ3v) is 7.89. The highest BCUT2D eigenvalue weighted by atomic mass is 35.5. The number of hydrogen-bond acceptors (Lipinski definition) is 7. The lowest BCUT2D eigenvalue weighted by Gasteiger charge is -2.24. The molecule has 0 radical (unpaired) electrons. The largest absolute Gasteiger partial charge is 0.493 e. The molecule has 0 bridgehead atoms. The predicted molar refractivity (Wildman–Crippen MR) is 156 cm³/mol. The Morgan fingerprint density at radius 2 is 1.90 bits per heavy atom. The van der Waals surface area contributed by atoms with E-state index in [0.29, 0.717) is 37.7 Å². The molecule has 4 aromatic rings. The van der Waals surface area contributed by atoms with Crippen LogP contribution < -0.4 is 24.4 Å². The van der Waals surface area contributed by atoms with E-state index in [1.165, 1.54) is 35.1 Å². The van der Waals surface area contributed by atoms with Gasteiger partial charge in [0.15, 0.2) is 16.3 Å². The van der Waals surface area contributed by atoms with Crippen LogP contribution in [-0.2, 0) is 16.1 Å². The number of hydrogen-bond donors (Lipinski definition) is 0. The van der Waals surface area contributed by atoms with Gasteiger partial charge in [-0.2, -0.15) is 0 Å². The van der Waals surface area contributed by atoms with Crippen molar-refractivity contribution in [1.29, 1.82) is 0 Å². The van der Waals surface area contributed by atoms with Crippen molar-refractivity contribution < 1.29 is 23.4 Å². The second-order valence-corrected chi connectivity index (χ2v) is 10.5. The lowest BCUT2D eigenvalue weighted by atomic mass is 9.96. The molecule has 10 heteroatoms. The average molecular weight is 593 g/mol. The van der Waals surface area contributed by atoms with Crippen molar-refractivity contribution in [3.05, 3.63) is 125 Å². The summed E-state index contributed by atoms with van der Waals surface area (Å²) in [6.07, 6.45) is 1.73. The number of methoxy groups -OCH3 is 1. The van der Waals surface area contributed by atoms with Gasteiger partial charge in [-0.25, -0.2) is 14.2 Å². The summed E-state index contributed by atoms with van der Waals surface area (Å²) in [5.74, 6) is -0.168. The van der Waals surface area contributed by atoms with Gasteiger partial charge >= 0.3 is 5.97 Å². The Balaban J connectivity index is 1.53. The van der Waals surface area contributed by atoms with Gasteiger partial charge in [-0.05, 0) is 55.3 Å². The van der Waals surface area contributed by atoms with Gasteiger partial charge in [-0.1, -0.05) is 65.4 Å². The van der Waals surface area contributed by atoms with Gasteiger partial charge in [-0.3, -0.25) is 9.36 Å². The van der Waals surface area contributed by atoms with Gasteiger partial charge in [-0.15, -0.1) is 0 Å². The lowest BCUT2D eigenvalue weighted by Crippen LogP contribution is -2.39. The molecule has 5 rings (SSSR count). The maximum atomic E-state index is 14.2. The molecule has 1 aliphatic heterocycles. The molecule has 0 aliphatic carbocycles. The highest BCUT2D eigenvalue weighted by Crippen LogP contribution is 2.32. The zero-order valence-corrected chi connectivity index (χ0v) is 24.1. The molecule has 2 heterocycles. The Morgan fingerprint density at radius 1 is 1.12 bits per heavy atom. The summed E-state index contributed by atoms with van der Waals surface area (Å²) in [5.41, 5.74) is 2.24. The van der Waals surface area contributed by atoms with Crippen LogP contribution in [0.3, 0.4) is 0 Å². The highest BCUT2D eigenvalue weighted by Gasteiger charge is 2.33. The SMILES string of the molecule is CCOC(=O)C1=C(C)N=c2s/c(=C\c3ccc(OCc4c(F)cccc4Cl)c(OC)c3)c(=O)n2C1c1ccccc1. The van der Waals surface area contributed by atoms with E-state index in [2.05, 4.69) is 4.99 Å². The van der Waals surface area contributed by atoms with Crippen LogP contribution in [0, 0.1) is 5.82 Å². The third kappa shape index (κ3) is 5.68. The fourth-order valence-electron chi connectivity index (χ4n) is 4.61. The summed E-state index contributed by atoms with van der Waals surface area (Å²) in [5, 5.41) is 0.270. The van der Waals surface area contributed by atoms with Crippen LogP contribution >= 0.6 is 22.9 Å². The van der Waals surface area contributed by atoms with Crippen molar-refractivity contribution in [3.8, 4) is 11.5 Å². The monoisotopic (exact) mass is 592 g/mol. The normalized spacial score (nSPS) is 14.9. The van der Waals surface area contributed by atoms with Crippen LogP contribution in [0.2, 0.25) is 5.02 Å². The number of halogens is 2. The average Bonchev–Trinajstić information content (AvgIpc) is 3.26. The Bertz CT molecular complexity index is 1810. The number of allylic oxidation sites excluding steroid dienone is 1. The summed E-state index contributed by atoms with van der Waals surface area (Å²) in [6.45, 7) is 3.61. The summed E-state index contributed by atoms with van der Waals surface area (Å²) in [4.78, 5) is 31.8. The topological polar surface area (TPSA) is 79.1 Å². The number of aromatic nitrogens is 1. The van der Waals surface area contributed by atoms with Crippen LogP contribution in [0.15, 0.2) is 87.8 Å². The van der Waals surface area contributed by atoms with Crippen molar-refractivity contribution in [1.82, 2.24) is 4.57 Å². The fraction of sp³-hybridized carbons (Fsp3) is 0.194. The molecular formula is C31H26ClFN2O5S. The van der Waals surface area contributed by atoms with Crippen LogP contribution in [-0.4, -0.2) is 24.3 Å². The van der Waals surface area contributed by atoms with Crippen LogP contribution in [0.4, 0.5) is 4.39 Å². The minimum absolute atomic E-state index is 0.0819. The molecule has 7 nitrogen and oxygen atoms in total. The van der Waals surface area contributed by atoms with Crippen molar-refractivity contribution in [2.75, 3.05) is 13.7 Å². The van der Waals surface area contributed by atoms with Crippen LogP contribution in [0.5, 0.6) is 11.5 Å². The van der Waals surface area contributed by atoms with Crippen LogP contribution in [0.25, 0.3) is 6.08 Å².